The van der Waals surface area contributed by atoms with Crippen molar-refractivity contribution >= 4 is 47.8 Å². The van der Waals surface area contributed by atoms with Gasteiger partial charge in [-0.25, -0.2) is 38.4 Å². The normalized spacial score (nSPS) is 13.5. The number of rotatable bonds is 16. The fraction of sp³-hybridized carbons (Fsp3) is 0.117. The van der Waals surface area contributed by atoms with Crippen molar-refractivity contribution < 1.29 is 76.3 Å². The van der Waals surface area contributed by atoms with Gasteiger partial charge in [-0.05, 0) is 216 Å². The number of carbonyl (C=O) groups excluding carboxylic acids is 8. The zero-order valence-electron chi connectivity index (χ0n) is 50.5. The van der Waals surface area contributed by atoms with Gasteiger partial charge in [0.2, 0.25) is 0 Å². The van der Waals surface area contributed by atoms with Gasteiger partial charge in [-0.1, -0.05) is 100 Å². The van der Waals surface area contributed by atoms with E-state index in [9.17, 15) is 38.4 Å². The molecular formula is C77H56O16. The largest absolute Gasteiger partial charge is 0.423 e. The van der Waals surface area contributed by atoms with Crippen LogP contribution in [0.3, 0.4) is 0 Å². The van der Waals surface area contributed by atoms with Crippen LogP contribution in [0.25, 0.3) is 0 Å². The first-order valence-electron chi connectivity index (χ1n) is 29.6. The molecule has 10 aromatic rings. The minimum absolute atomic E-state index is 0.0640. The minimum atomic E-state index is -0.945. The van der Waals surface area contributed by atoms with Crippen molar-refractivity contribution in [1.29, 1.82) is 0 Å². The average molecular weight is 1240 g/mol. The van der Waals surface area contributed by atoms with Gasteiger partial charge in [-0.15, -0.1) is 0 Å². The number of carbonyl (C=O) groups is 8. The van der Waals surface area contributed by atoms with Gasteiger partial charge in [-0.3, -0.25) is 0 Å². The molecule has 0 fully saturated rings. The summed E-state index contributed by atoms with van der Waals surface area (Å²) >= 11 is 0. The third kappa shape index (κ3) is 13.2. The summed E-state index contributed by atoms with van der Waals surface area (Å²) < 4.78 is 47.2. The van der Waals surface area contributed by atoms with Gasteiger partial charge in [0.05, 0.1) is 44.5 Å². The summed E-state index contributed by atoms with van der Waals surface area (Å²) in [6, 6.07) is 63.6. The Morgan fingerprint density at radius 3 is 0.634 bits per heavy atom. The molecule has 0 aromatic heterocycles. The number of ether oxygens (including phenoxy) is 8. The van der Waals surface area contributed by atoms with Gasteiger partial charge in [0.1, 0.15) is 23.0 Å². The van der Waals surface area contributed by atoms with Crippen LogP contribution in [0.4, 0.5) is 0 Å². The molecule has 16 nitrogen and oxygen atoms in total. The van der Waals surface area contributed by atoms with Crippen molar-refractivity contribution in [1.82, 2.24) is 0 Å². The molecule has 0 bridgehead atoms. The van der Waals surface area contributed by atoms with E-state index in [1.807, 2.05) is 27.7 Å². The number of hydrogen-bond donors (Lipinski definition) is 0. The van der Waals surface area contributed by atoms with E-state index in [0.29, 0.717) is 46.2 Å². The molecule has 0 aliphatic heterocycles. The smallest absolute Gasteiger partial charge is 0.343 e. The van der Waals surface area contributed by atoms with Gasteiger partial charge >= 0.3 is 47.8 Å². The molecule has 0 unspecified atom stereocenters. The molecule has 0 saturated carbocycles. The van der Waals surface area contributed by atoms with Crippen LogP contribution >= 0.6 is 0 Å². The molecule has 0 amide bonds. The summed E-state index contributed by atoms with van der Waals surface area (Å²) in [7, 11) is 0. The van der Waals surface area contributed by atoms with Crippen LogP contribution in [-0.2, 0) is 16.2 Å². The third-order valence-electron chi connectivity index (χ3n) is 16.2. The lowest BCUT2D eigenvalue weighted by molar-refractivity contribution is 0.0681. The monoisotopic (exact) mass is 1240 g/mol. The Balaban J connectivity index is 0.901. The van der Waals surface area contributed by atoms with Crippen LogP contribution in [0.1, 0.15) is 146 Å². The first-order valence-corrected chi connectivity index (χ1v) is 29.6. The highest BCUT2D eigenvalue weighted by Gasteiger charge is 2.57. The first kappa shape index (κ1) is 61.2. The molecule has 0 N–H and O–H groups in total. The zero-order chi connectivity index (χ0) is 65.0. The van der Waals surface area contributed by atoms with Gasteiger partial charge in [-0.2, -0.15) is 0 Å². The molecule has 460 valence electrons. The molecular weight excluding hydrogens is 1180 g/mol. The van der Waals surface area contributed by atoms with Gasteiger partial charge < -0.3 is 37.9 Å². The maximum atomic E-state index is 14.4. The lowest BCUT2D eigenvalue weighted by atomic mass is 9.72. The molecule has 93 heavy (non-hydrogen) atoms. The van der Waals surface area contributed by atoms with Gasteiger partial charge in [0.15, 0.2) is 23.0 Å². The molecule has 10 aromatic carbocycles. The quantitative estimate of drug-likeness (QED) is 0.0650. The predicted octanol–water partition coefficient (Wildman–Crippen LogP) is 15.1. The van der Waals surface area contributed by atoms with E-state index >= 15 is 0 Å². The molecule has 2 aliphatic rings. The second-order valence-corrected chi connectivity index (χ2v) is 23.6. The fourth-order valence-electron chi connectivity index (χ4n) is 11.9. The number of hydrogen-bond acceptors (Lipinski definition) is 16. The van der Waals surface area contributed by atoms with Gasteiger partial charge in [0.25, 0.3) is 0 Å². The van der Waals surface area contributed by atoms with Gasteiger partial charge in [0, 0.05) is 5.41 Å². The Morgan fingerprint density at radius 1 is 0.237 bits per heavy atom. The van der Waals surface area contributed by atoms with Crippen LogP contribution < -0.4 is 37.9 Å². The van der Waals surface area contributed by atoms with E-state index in [1.165, 1.54) is 97.1 Å². The fourth-order valence-corrected chi connectivity index (χ4v) is 11.9. The molecule has 2 aliphatic carbocycles. The van der Waals surface area contributed by atoms with E-state index < -0.39 is 64.0 Å². The summed E-state index contributed by atoms with van der Waals surface area (Å²) in [6.45, 7) is 8.15. The maximum Gasteiger partial charge on any atom is 0.343 e. The Hall–Kier alpha value is -12.0. The van der Waals surface area contributed by atoms with Crippen molar-refractivity contribution in [3.8, 4) is 46.0 Å². The van der Waals surface area contributed by atoms with Crippen LogP contribution in [0, 0.1) is 0 Å². The Bertz CT molecular complexity index is 4250. The van der Waals surface area contributed by atoms with E-state index in [-0.39, 0.29) is 68.2 Å². The topological polar surface area (TPSA) is 210 Å². The van der Waals surface area contributed by atoms with Crippen LogP contribution in [0.5, 0.6) is 46.0 Å². The zero-order valence-corrected chi connectivity index (χ0v) is 50.5. The van der Waals surface area contributed by atoms with Crippen LogP contribution in [-0.4, -0.2) is 47.8 Å². The molecule has 1 spiro atoms. The summed E-state index contributed by atoms with van der Waals surface area (Å²) in [6.07, 6.45) is 0.861. The average Bonchev–Trinajstić information content (AvgIpc) is 1.56. The van der Waals surface area contributed by atoms with E-state index in [2.05, 4.69) is 0 Å². The predicted molar refractivity (Wildman–Crippen MR) is 340 cm³/mol. The molecule has 12 rings (SSSR count). The third-order valence-corrected chi connectivity index (χ3v) is 16.2. The van der Waals surface area contributed by atoms with Crippen molar-refractivity contribution in [2.24, 2.45) is 0 Å². The highest BCUT2D eigenvalue weighted by atomic mass is 16.6. The summed E-state index contributed by atoms with van der Waals surface area (Å²) in [4.78, 5) is 109. The summed E-state index contributed by atoms with van der Waals surface area (Å²) in [5.74, 6) is -5.48. The first-order chi connectivity index (χ1) is 44.8. The molecule has 0 saturated heterocycles. The Kier molecular flexibility index (Phi) is 16.7. The highest BCUT2D eigenvalue weighted by molar-refractivity contribution is 5.97. The van der Waals surface area contributed by atoms with E-state index in [1.54, 1.807) is 146 Å². The Morgan fingerprint density at radius 2 is 0.419 bits per heavy atom. The van der Waals surface area contributed by atoms with Crippen LogP contribution in [0.2, 0.25) is 0 Å². The van der Waals surface area contributed by atoms with Crippen molar-refractivity contribution in [2.45, 2.75) is 56.8 Å². The second-order valence-electron chi connectivity index (χ2n) is 23.6. The van der Waals surface area contributed by atoms with E-state index in [4.69, 9.17) is 37.9 Å². The maximum absolute atomic E-state index is 14.4. The summed E-state index contributed by atoms with van der Waals surface area (Å²) in [5, 5.41) is 0. The standard InChI is InChI=1S/C77H56O16/c1-75(2)45-77(61-43-65(92-73(84)53-29-37-57(38-30-53)88-69(80)49-21-13-7-14-22-49)63(41-59(61)75)90-71(82)51-25-33-55(34-26-51)86-67(78)47-17-9-5-10-18-47)46-76(3,4)60-42-64(91-72(83)52-27-35-56(36-28-52)87-68(79)48-19-11-6-12-20-48)66(44-62(60)77)93-74(85)54-31-39-58(40-32-54)89-70(81)50-23-15-8-16-24-50/h5-44H,45-46H2,1-4H3. The molecule has 16 heteroatoms. The number of fused-ring (bicyclic) bond motifs is 4. The highest BCUT2D eigenvalue weighted by Crippen LogP contribution is 2.65. The number of benzene rings is 10. The van der Waals surface area contributed by atoms with Crippen molar-refractivity contribution in [2.75, 3.05) is 0 Å². The Labute approximate surface area is 533 Å². The molecule has 0 heterocycles. The van der Waals surface area contributed by atoms with Crippen molar-refractivity contribution in [3.63, 3.8) is 0 Å². The molecule has 0 radical (unpaired) electrons. The molecule has 0 atom stereocenters. The van der Waals surface area contributed by atoms with E-state index in [0.717, 1.165) is 11.1 Å². The van der Waals surface area contributed by atoms with Crippen LogP contribution in [0.15, 0.2) is 243 Å². The second kappa shape index (κ2) is 25.4. The SMILES string of the molecule is CC1(C)CC2(CC(C)(C)c3cc(OC(=O)c4ccc(OC(=O)c5ccccc5)cc4)c(OC(=O)c4ccc(OC(=O)c5ccccc5)cc4)cc32)c2cc(OC(=O)c3ccc(OC(=O)c4ccccc4)cc3)c(OC(=O)c3ccc(OC(=O)c4ccccc4)cc3)cc21. The lowest BCUT2D eigenvalue weighted by Gasteiger charge is -2.30. The number of esters is 8. The lowest BCUT2D eigenvalue weighted by Crippen LogP contribution is -2.27. The summed E-state index contributed by atoms with van der Waals surface area (Å²) in [5.41, 5.74) is 2.16. The van der Waals surface area contributed by atoms with Crippen molar-refractivity contribution in [3.05, 3.63) is 309 Å². The minimum Gasteiger partial charge on any atom is -0.423 e.